The second kappa shape index (κ2) is 5.54. The molecule has 2 heterocycles. The van der Waals surface area contributed by atoms with Crippen LogP contribution in [-0.4, -0.2) is 52.5 Å². The number of rotatable bonds is 3. The van der Waals surface area contributed by atoms with E-state index >= 15 is 0 Å². The fraction of sp³-hybridized carbons (Fsp3) is 0.562. The molecule has 0 bridgehead atoms. The summed E-state index contributed by atoms with van der Waals surface area (Å²) < 4.78 is 0. The van der Waals surface area contributed by atoms with E-state index in [9.17, 15) is 0 Å². The van der Waals surface area contributed by atoms with Gasteiger partial charge < -0.3 is 9.88 Å². The molecule has 1 unspecified atom stereocenters. The normalized spacial score (nSPS) is 19.6. The number of imidazole rings is 1. The Labute approximate surface area is 120 Å². The van der Waals surface area contributed by atoms with Gasteiger partial charge in [-0.05, 0) is 38.1 Å². The fourth-order valence-corrected chi connectivity index (χ4v) is 2.98. The van der Waals surface area contributed by atoms with Crippen molar-refractivity contribution in [3.63, 3.8) is 0 Å². The molecule has 0 spiro atoms. The Bertz CT molecular complexity index is 581. The molecule has 108 valence electrons. The van der Waals surface area contributed by atoms with E-state index in [0.29, 0.717) is 6.04 Å². The molecule has 4 nitrogen and oxygen atoms in total. The van der Waals surface area contributed by atoms with Gasteiger partial charge in [-0.25, -0.2) is 4.98 Å². The largest absolute Gasteiger partial charge is 0.341 e. The molecule has 20 heavy (non-hydrogen) atoms. The van der Waals surface area contributed by atoms with Crippen molar-refractivity contribution in [1.29, 1.82) is 0 Å². The second-order valence-corrected chi connectivity index (χ2v) is 5.79. The van der Waals surface area contributed by atoms with Gasteiger partial charge in [-0.3, -0.25) is 4.90 Å². The number of piperazine rings is 1. The van der Waals surface area contributed by atoms with Gasteiger partial charge in [0, 0.05) is 26.2 Å². The van der Waals surface area contributed by atoms with Crippen molar-refractivity contribution >= 4 is 11.0 Å². The summed E-state index contributed by atoms with van der Waals surface area (Å²) in [7, 11) is 0. The first-order valence-electron chi connectivity index (χ1n) is 7.60. The van der Waals surface area contributed by atoms with Crippen LogP contribution in [0.1, 0.15) is 31.3 Å². The van der Waals surface area contributed by atoms with Gasteiger partial charge in [-0.15, -0.1) is 0 Å². The summed E-state index contributed by atoms with van der Waals surface area (Å²) in [5.41, 5.74) is 3.50. The first-order valence-corrected chi connectivity index (χ1v) is 7.60. The van der Waals surface area contributed by atoms with Crippen LogP contribution in [0.3, 0.4) is 0 Å². The highest BCUT2D eigenvalue weighted by Gasteiger charge is 2.23. The number of hydrogen-bond acceptors (Lipinski definition) is 3. The standard InChI is InChI=1S/C16H24N4/c1-4-19-7-9-20(10-8-19)13(3)16-17-14-6-5-12(2)11-15(14)18-16/h5-6,11,13H,4,7-10H2,1-3H3,(H,17,18). The lowest BCUT2D eigenvalue weighted by Crippen LogP contribution is -2.47. The van der Waals surface area contributed by atoms with Gasteiger partial charge in [0.05, 0.1) is 17.1 Å². The predicted molar refractivity (Wildman–Crippen MR) is 82.9 cm³/mol. The summed E-state index contributed by atoms with van der Waals surface area (Å²) >= 11 is 0. The summed E-state index contributed by atoms with van der Waals surface area (Å²) in [6.45, 7) is 12.4. The van der Waals surface area contributed by atoms with Crippen LogP contribution < -0.4 is 0 Å². The van der Waals surface area contributed by atoms with Crippen LogP contribution in [-0.2, 0) is 0 Å². The molecule has 1 atom stereocenters. The maximum Gasteiger partial charge on any atom is 0.124 e. The monoisotopic (exact) mass is 272 g/mol. The van der Waals surface area contributed by atoms with E-state index in [-0.39, 0.29) is 0 Å². The van der Waals surface area contributed by atoms with Crippen LogP contribution in [0.25, 0.3) is 11.0 Å². The van der Waals surface area contributed by atoms with Crippen molar-refractivity contribution in [2.75, 3.05) is 32.7 Å². The van der Waals surface area contributed by atoms with Crippen molar-refractivity contribution in [3.05, 3.63) is 29.6 Å². The molecule has 1 aliphatic rings. The van der Waals surface area contributed by atoms with Crippen LogP contribution in [0.15, 0.2) is 18.2 Å². The van der Waals surface area contributed by atoms with Crippen LogP contribution in [0.2, 0.25) is 0 Å². The van der Waals surface area contributed by atoms with Gasteiger partial charge >= 0.3 is 0 Å². The van der Waals surface area contributed by atoms with Crippen molar-refractivity contribution in [2.45, 2.75) is 26.8 Å². The third-order valence-electron chi connectivity index (χ3n) is 4.45. The Morgan fingerprint density at radius 2 is 2.00 bits per heavy atom. The number of hydrogen-bond donors (Lipinski definition) is 1. The summed E-state index contributed by atoms with van der Waals surface area (Å²) in [6.07, 6.45) is 0. The van der Waals surface area contributed by atoms with Crippen molar-refractivity contribution in [3.8, 4) is 0 Å². The summed E-state index contributed by atoms with van der Waals surface area (Å²) in [4.78, 5) is 13.3. The Hall–Kier alpha value is -1.39. The number of nitrogens with zero attached hydrogens (tertiary/aromatic N) is 3. The Morgan fingerprint density at radius 3 is 2.70 bits per heavy atom. The third-order valence-corrected chi connectivity index (χ3v) is 4.45. The number of aromatic amines is 1. The minimum absolute atomic E-state index is 0.363. The molecule has 1 aromatic heterocycles. The third kappa shape index (κ3) is 2.58. The maximum absolute atomic E-state index is 4.76. The molecular formula is C16H24N4. The lowest BCUT2D eigenvalue weighted by molar-refractivity contribution is 0.103. The van der Waals surface area contributed by atoms with Gasteiger partial charge in [-0.2, -0.15) is 0 Å². The van der Waals surface area contributed by atoms with E-state index in [1.165, 1.54) is 18.7 Å². The zero-order valence-corrected chi connectivity index (χ0v) is 12.7. The zero-order valence-electron chi connectivity index (χ0n) is 12.7. The second-order valence-electron chi connectivity index (χ2n) is 5.79. The first kappa shape index (κ1) is 13.6. The molecule has 1 aliphatic heterocycles. The van der Waals surface area contributed by atoms with Crippen LogP contribution in [0.5, 0.6) is 0 Å². The first-order chi connectivity index (χ1) is 9.67. The molecule has 4 heteroatoms. The quantitative estimate of drug-likeness (QED) is 0.932. The fourth-order valence-electron chi connectivity index (χ4n) is 2.98. The van der Waals surface area contributed by atoms with Crippen molar-refractivity contribution in [1.82, 2.24) is 19.8 Å². The van der Waals surface area contributed by atoms with Crippen LogP contribution in [0.4, 0.5) is 0 Å². The van der Waals surface area contributed by atoms with Gasteiger partial charge in [0.25, 0.3) is 0 Å². The van der Waals surface area contributed by atoms with Gasteiger partial charge in [0.15, 0.2) is 0 Å². The van der Waals surface area contributed by atoms with E-state index < -0.39 is 0 Å². The van der Waals surface area contributed by atoms with Crippen molar-refractivity contribution in [2.24, 2.45) is 0 Å². The van der Waals surface area contributed by atoms with Gasteiger partial charge in [0.1, 0.15) is 5.82 Å². The van der Waals surface area contributed by atoms with Gasteiger partial charge in [-0.1, -0.05) is 13.0 Å². The minimum atomic E-state index is 0.363. The lowest BCUT2D eigenvalue weighted by Gasteiger charge is -2.36. The molecule has 0 amide bonds. The number of aryl methyl sites for hydroxylation is 1. The van der Waals surface area contributed by atoms with Crippen LogP contribution in [0, 0.1) is 6.92 Å². The van der Waals surface area contributed by atoms with E-state index in [0.717, 1.165) is 36.5 Å². The molecule has 1 saturated heterocycles. The predicted octanol–water partition coefficient (Wildman–Crippen LogP) is 2.57. The number of benzene rings is 1. The summed E-state index contributed by atoms with van der Waals surface area (Å²) in [5, 5.41) is 0. The SMILES string of the molecule is CCN1CCN(C(C)c2nc3ccc(C)cc3[nH]2)CC1. The van der Waals surface area contributed by atoms with E-state index in [4.69, 9.17) is 4.98 Å². The molecule has 1 fully saturated rings. The van der Waals surface area contributed by atoms with Crippen molar-refractivity contribution < 1.29 is 0 Å². The molecule has 0 saturated carbocycles. The highest BCUT2D eigenvalue weighted by atomic mass is 15.3. The maximum atomic E-state index is 4.76. The number of likely N-dealkylation sites (N-methyl/N-ethyl adjacent to an activating group) is 1. The molecule has 3 rings (SSSR count). The molecular weight excluding hydrogens is 248 g/mol. The van der Waals surface area contributed by atoms with E-state index in [2.05, 4.69) is 53.8 Å². The number of aromatic nitrogens is 2. The number of H-pyrrole nitrogens is 1. The highest BCUT2D eigenvalue weighted by molar-refractivity contribution is 5.75. The molecule has 0 radical (unpaired) electrons. The Morgan fingerprint density at radius 1 is 1.25 bits per heavy atom. The average Bonchev–Trinajstić information content (AvgIpc) is 2.89. The molecule has 2 aromatic rings. The van der Waals surface area contributed by atoms with Crippen LogP contribution >= 0.6 is 0 Å². The summed E-state index contributed by atoms with van der Waals surface area (Å²) in [5.74, 6) is 1.09. The summed E-state index contributed by atoms with van der Waals surface area (Å²) in [6, 6.07) is 6.76. The average molecular weight is 272 g/mol. The lowest BCUT2D eigenvalue weighted by atomic mass is 10.2. The number of fused-ring (bicyclic) bond motifs is 1. The topological polar surface area (TPSA) is 35.2 Å². The zero-order chi connectivity index (χ0) is 14.1. The van der Waals surface area contributed by atoms with E-state index in [1.807, 2.05) is 0 Å². The van der Waals surface area contributed by atoms with E-state index in [1.54, 1.807) is 0 Å². The highest BCUT2D eigenvalue weighted by Crippen LogP contribution is 2.22. The minimum Gasteiger partial charge on any atom is -0.341 e. The number of nitrogens with one attached hydrogen (secondary N) is 1. The Balaban J connectivity index is 1.77. The molecule has 0 aliphatic carbocycles. The van der Waals surface area contributed by atoms with Gasteiger partial charge in [0.2, 0.25) is 0 Å². The molecule has 1 aromatic carbocycles. The smallest absolute Gasteiger partial charge is 0.124 e. The molecule has 1 N–H and O–H groups in total. The Kier molecular flexibility index (Phi) is 3.76.